The number of amides is 1. The lowest BCUT2D eigenvalue weighted by Gasteiger charge is -2.14. The van der Waals surface area contributed by atoms with Gasteiger partial charge < -0.3 is 10.1 Å². The summed E-state index contributed by atoms with van der Waals surface area (Å²) in [5.41, 5.74) is -0.301. The van der Waals surface area contributed by atoms with Crippen LogP contribution in [0.4, 0.5) is 10.1 Å². The van der Waals surface area contributed by atoms with Crippen molar-refractivity contribution in [1.82, 2.24) is 14.8 Å². The molecule has 1 fully saturated rings. The molecule has 1 aromatic heterocycles. The Morgan fingerprint density at radius 3 is 3.12 bits per heavy atom. The summed E-state index contributed by atoms with van der Waals surface area (Å²) in [6.07, 6.45) is 1.82. The van der Waals surface area contributed by atoms with Crippen LogP contribution in [-0.4, -0.2) is 38.6 Å². The van der Waals surface area contributed by atoms with Gasteiger partial charge in [-0.25, -0.2) is 14.3 Å². The summed E-state index contributed by atoms with van der Waals surface area (Å²) in [6, 6.07) is 4.02. The van der Waals surface area contributed by atoms with Crippen molar-refractivity contribution in [2.24, 2.45) is 0 Å². The first kappa shape index (κ1) is 18.9. The Hall–Kier alpha value is -1.84. The van der Waals surface area contributed by atoms with Crippen LogP contribution in [0.15, 0.2) is 28.2 Å². The largest absolute Gasteiger partial charge is 0.376 e. The van der Waals surface area contributed by atoms with E-state index >= 15 is 0 Å². The minimum atomic E-state index is -0.613. The van der Waals surface area contributed by atoms with Crippen LogP contribution in [0.2, 0.25) is 5.02 Å². The fourth-order valence-electron chi connectivity index (χ4n) is 2.58. The van der Waals surface area contributed by atoms with Crippen LogP contribution in [0.25, 0.3) is 0 Å². The number of thioether (sulfide) groups is 1. The number of carbonyl (C=O) groups is 1. The van der Waals surface area contributed by atoms with Gasteiger partial charge in [0, 0.05) is 11.6 Å². The average Bonchev–Trinajstić information content (AvgIpc) is 3.22. The van der Waals surface area contributed by atoms with Crippen molar-refractivity contribution in [2.75, 3.05) is 11.9 Å². The lowest BCUT2D eigenvalue weighted by molar-refractivity contribution is -0.115. The van der Waals surface area contributed by atoms with Gasteiger partial charge in [0.15, 0.2) is 5.16 Å². The molecule has 2 N–H and O–H groups in total. The number of anilines is 1. The van der Waals surface area contributed by atoms with Crippen molar-refractivity contribution in [1.29, 1.82) is 0 Å². The van der Waals surface area contributed by atoms with Gasteiger partial charge in [-0.15, -0.1) is 5.10 Å². The topological polar surface area (TPSA) is 89.0 Å². The molecule has 2 atom stereocenters. The fraction of sp³-hybridized carbons (Fsp3) is 0.438. The van der Waals surface area contributed by atoms with Gasteiger partial charge in [-0.3, -0.25) is 9.36 Å². The maximum atomic E-state index is 13.8. The van der Waals surface area contributed by atoms with Gasteiger partial charge in [-0.2, -0.15) is 0 Å². The zero-order chi connectivity index (χ0) is 18.7. The molecule has 0 spiro atoms. The first-order valence-corrected chi connectivity index (χ1v) is 9.39. The van der Waals surface area contributed by atoms with Crippen molar-refractivity contribution >= 4 is 35.0 Å². The van der Waals surface area contributed by atoms with E-state index < -0.39 is 17.0 Å². The Morgan fingerprint density at radius 1 is 1.62 bits per heavy atom. The lowest BCUT2D eigenvalue weighted by Crippen LogP contribution is -2.27. The number of hydrogen-bond acceptors (Lipinski definition) is 5. The Balaban J connectivity index is 1.66. The van der Waals surface area contributed by atoms with E-state index in [1.807, 2.05) is 0 Å². The number of benzene rings is 1. The molecule has 1 saturated heterocycles. The van der Waals surface area contributed by atoms with E-state index in [1.54, 1.807) is 6.92 Å². The molecule has 0 bridgehead atoms. The molecular formula is C16H18ClFN4O3S. The highest BCUT2D eigenvalue weighted by Gasteiger charge is 2.23. The van der Waals surface area contributed by atoms with E-state index in [2.05, 4.69) is 15.5 Å². The van der Waals surface area contributed by atoms with E-state index in [1.165, 1.54) is 16.7 Å². The summed E-state index contributed by atoms with van der Waals surface area (Å²) in [5, 5.41) is 8.93. The SMILES string of the molecule is C[C@H](Sc1n[nH]c(=O)n1C[C@H]1CCCO1)C(=O)Nc1ccc(Cl)cc1F. The molecule has 0 radical (unpaired) electrons. The van der Waals surface area contributed by atoms with E-state index in [-0.39, 0.29) is 22.5 Å². The van der Waals surface area contributed by atoms with Gasteiger partial charge in [0.1, 0.15) is 5.82 Å². The summed E-state index contributed by atoms with van der Waals surface area (Å²) in [7, 11) is 0. The Morgan fingerprint density at radius 2 is 2.42 bits per heavy atom. The zero-order valence-corrected chi connectivity index (χ0v) is 15.6. The summed E-state index contributed by atoms with van der Waals surface area (Å²) in [4.78, 5) is 24.3. The number of halogens is 2. The maximum absolute atomic E-state index is 13.8. The molecule has 7 nitrogen and oxygen atoms in total. The summed E-state index contributed by atoms with van der Waals surface area (Å²) in [6.45, 7) is 2.73. The third-order valence-corrected chi connectivity index (χ3v) is 5.30. The Labute approximate surface area is 158 Å². The highest BCUT2D eigenvalue weighted by atomic mass is 35.5. The van der Waals surface area contributed by atoms with E-state index in [4.69, 9.17) is 16.3 Å². The first-order valence-electron chi connectivity index (χ1n) is 8.13. The fourth-order valence-corrected chi connectivity index (χ4v) is 3.61. The third kappa shape index (κ3) is 4.46. The number of rotatable bonds is 6. The van der Waals surface area contributed by atoms with Crippen molar-refractivity contribution < 1.29 is 13.9 Å². The maximum Gasteiger partial charge on any atom is 0.344 e. The third-order valence-electron chi connectivity index (χ3n) is 3.97. The predicted molar refractivity (Wildman–Crippen MR) is 97.2 cm³/mol. The molecule has 0 aliphatic carbocycles. The number of nitrogens with one attached hydrogen (secondary N) is 2. The number of ether oxygens (including phenoxy) is 1. The van der Waals surface area contributed by atoms with Gasteiger partial charge in [0.05, 0.1) is 23.6 Å². The Bertz CT molecular complexity index is 850. The van der Waals surface area contributed by atoms with Crippen LogP contribution in [-0.2, 0) is 16.1 Å². The van der Waals surface area contributed by atoms with Crippen LogP contribution in [0.1, 0.15) is 19.8 Å². The van der Waals surface area contributed by atoms with Crippen LogP contribution < -0.4 is 11.0 Å². The van der Waals surface area contributed by atoms with Gasteiger partial charge in [0.25, 0.3) is 0 Å². The molecule has 3 rings (SSSR count). The lowest BCUT2D eigenvalue weighted by atomic mass is 10.2. The number of aromatic nitrogens is 3. The van der Waals surface area contributed by atoms with Gasteiger partial charge in [0.2, 0.25) is 5.91 Å². The van der Waals surface area contributed by atoms with Crippen LogP contribution in [0.3, 0.4) is 0 Å². The van der Waals surface area contributed by atoms with Crippen molar-refractivity contribution in [3.8, 4) is 0 Å². The number of nitrogens with zero attached hydrogens (tertiary/aromatic N) is 2. The molecule has 10 heteroatoms. The standard InChI is InChI=1S/C16H18ClFN4O3S/c1-9(14(23)19-13-5-4-10(17)7-12(13)18)26-16-21-20-15(24)22(16)8-11-3-2-6-25-11/h4-5,7,9,11H,2-3,6,8H2,1H3,(H,19,23)(H,20,24)/t9-,11+/m0/s1. The molecule has 26 heavy (non-hydrogen) atoms. The van der Waals surface area contributed by atoms with Crippen LogP contribution in [0, 0.1) is 5.82 Å². The molecule has 1 amide bonds. The zero-order valence-electron chi connectivity index (χ0n) is 14.0. The van der Waals surface area contributed by atoms with Crippen molar-refractivity contribution in [3.05, 3.63) is 39.5 Å². The van der Waals surface area contributed by atoms with Gasteiger partial charge in [-0.1, -0.05) is 23.4 Å². The molecule has 1 aliphatic heterocycles. The summed E-state index contributed by atoms with van der Waals surface area (Å²) < 4.78 is 20.8. The quantitative estimate of drug-likeness (QED) is 0.728. The highest BCUT2D eigenvalue weighted by Crippen LogP contribution is 2.24. The number of carbonyl (C=O) groups excluding carboxylic acids is 1. The number of H-pyrrole nitrogens is 1. The molecule has 2 aromatic rings. The van der Waals surface area contributed by atoms with Gasteiger partial charge >= 0.3 is 5.69 Å². The predicted octanol–water partition coefficient (Wildman–Crippen LogP) is 2.66. The highest BCUT2D eigenvalue weighted by molar-refractivity contribution is 8.00. The molecule has 2 heterocycles. The average molecular weight is 401 g/mol. The molecule has 140 valence electrons. The van der Waals surface area contributed by atoms with Crippen molar-refractivity contribution in [2.45, 2.75) is 42.8 Å². The minimum Gasteiger partial charge on any atom is -0.376 e. The number of aromatic amines is 1. The van der Waals surface area contributed by atoms with E-state index in [9.17, 15) is 14.0 Å². The summed E-state index contributed by atoms with van der Waals surface area (Å²) >= 11 is 6.82. The molecule has 0 unspecified atom stereocenters. The molecule has 1 aliphatic rings. The molecule has 0 saturated carbocycles. The number of hydrogen-bond donors (Lipinski definition) is 2. The normalized spacial score (nSPS) is 18.0. The first-order chi connectivity index (χ1) is 12.4. The Kier molecular flexibility index (Phi) is 6.00. The smallest absolute Gasteiger partial charge is 0.344 e. The van der Waals surface area contributed by atoms with E-state index in [0.29, 0.717) is 18.3 Å². The minimum absolute atomic E-state index is 0.0306. The van der Waals surface area contributed by atoms with E-state index in [0.717, 1.165) is 30.7 Å². The monoisotopic (exact) mass is 400 g/mol. The van der Waals surface area contributed by atoms with Crippen molar-refractivity contribution in [3.63, 3.8) is 0 Å². The summed E-state index contributed by atoms with van der Waals surface area (Å²) in [5.74, 6) is -1.02. The second kappa shape index (κ2) is 8.24. The second-order valence-corrected chi connectivity index (χ2v) is 7.67. The van der Waals surface area contributed by atoms with Crippen LogP contribution in [0.5, 0.6) is 0 Å². The molecular weight excluding hydrogens is 383 g/mol. The van der Waals surface area contributed by atoms with Gasteiger partial charge in [-0.05, 0) is 38.0 Å². The second-order valence-electron chi connectivity index (χ2n) is 5.93. The van der Waals surface area contributed by atoms with Crippen LogP contribution >= 0.6 is 23.4 Å². The molecule has 1 aromatic carbocycles.